The first-order valence-corrected chi connectivity index (χ1v) is 11.2. The van der Waals surface area contributed by atoms with Crippen molar-refractivity contribution in [1.29, 1.82) is 0 Å². The van der Waals surface area contributed by atoms with E-state index in [2.05, 4.69) is 20.9 Å². The fourth-order valence-corrected chi connectivity index (χ4v) is 3.86. The van der Waals surface area contributed by atoms with Gasteiger partial charge in [0.15, 0.2) is 5.13 Å². The van der Waals surface area contributed by atoms with Crippen LogP contribution in [-0.2, 0) is 17.4 Å². The molecule has 0 spiro atoms. The smallest absolute Gasteiger partial charge is 0.352 e. The number of benzene rings is 2. The number of halogens is 3. The molecule has 0 bridgehead atoms. The molecule has 1 aromatic heterocycles. The van der Waals surface area contributed by atoms with Crippen molar-refractivity contribution < 1.29 is 22.8 Å². The van der Waals surface area contributed by atoms with Crippen molar-refractivity contribution in [3.63, 3.8) is 0 Å². The Morgan fingerprint density at radius 1 is 1.09 bits per heavy atom. The number of nitrogens with zero attached hydrogens (tertiary/aromatic N) is 1. The van der Waals surface area contributed by atoms with Gasteiger partial charge in [-0.3, -0.25) is 9.59 Å². The van der Waals surface area contributed by atoms with Crippen LogP contribution >= 0.6 is 11.3 Å². The Morgan fingerprint density at radius 2 is 1.85 bits per heavy atom. The van der Waals surface area contributed by atoms with Crippen LogP contribution < -0.4 is 16.0 Å². The quantitative estimate of drug-likeness (QED) is 0.448. The van der Waals surface area contributed by atoms with Gasteiger partial charge in [0.1, 0.15) is 11.7 Å². The average molecular weight is 475 g/mol. The van der Waals surface area contributed by atoms with Gasteiger partial charge in [0.25, 0.3) is 5.91 Å². The molecule has 1 saturated carbocycles. The van der Waals surface area contributed by atoms with Crippen LogP contribution in [0.5, 0.6) is 0 Å². The number of carbonyl (C=O) groups excluding carboxylic acids is 2. The van der Waals surface area contributed by atoms with Gasteiger partial charge < -0.3 is 16.0 Å². The number of rotatable bonds is 8. The molecule has 6 nitrogen and oxygen atoms in total. The number of amides is 2. The third-order valence-electron chi connectivity index (χ3n) is 5.01. The topological polar surface area (TPSA) is 83.1 Å². The minimum absolute atomic E-state index is 0.0757. The molecule has 1 atom stereocenters. The summed E-state index contributed by atoms with van der Waals surface area (Å²) in [7, 11) is 0. The first-order chi connectivity index (χ1) is 15.8. The first-order valence-electron chi connectivity index (χ1n) is 10.3. The summed E-state index contributed by atoms with van der Waals surface area (Å²) < 4.78 is 38.7. The molecule has 1 aliphatic rings. The first kappa shape index (κ1) is 22.8. The van der Waals surface area contributed by atoms with Crippen LogP contribution in [0.1, 0.15) is 34.5 Å². The van der Waals surface area contributed by atoms with Gasteiger partial charge in [0, 0.05) is 23.5 Å². The highest BCUT2D eigenvalue weighted by molar-refractivity contribution is 7.14. The van der Waals surface area contributed by atoms with E-state index in [0.29, 0.717) is 6.42 Å². The summed E-state index contributed by atoms with van der Waals surface area (Å²) in [5.74, 6) is -0.789. The van der Waals surface area contributed by atoms with Crippen LogP contribution in [0.4, 0.5) is 24.0 Å². The summed E-state index contributed by atoms with van der Waals surface area (Å²) in [6.07, 6.45) is -2.28. The highest BCUT2D eigenvalue weighted by atomic mass is 32.1. The Morgan fingerprint density at radius 3 is 2.55 bits per heavy atom. The number of hydrogen-bond acceptors (Lipinski definition) is 5. The van der Waals surface area contributed by atoms with Crippen molar-refractivity contribution in [2.45, 2.75) is 37.5 Å². The van der Waals surface area contributed by atoms with Gasteiger partial charge in [-0.2, -0.15) is 13.2 Å². The van der Waals surface area contributed by atoms with Crippen LogP contribution in [0.25, 0.3) is 0 Å². The molecule has 2 aromatic carbocycles. The maximum absolute atomic E-state index is 12.9. The number of anilines is 2. The SMILES string of the molecule is O=C(NC(Cc1ccccc1)C(=O)NC1CC1)c1csc(Nc2cccc(C(F)(F)F)c2)n1. The molecule has 1 fully saturated rings. The molecule has 1 heterocycles. The lowest BCUT2D eigenvalue weighted by Gasteiger charge is -2.18. The molecule has 3 N–H and O–H groups in total. The fraction of sp³-hybridized carbons (Fsp3) is 0.261. The Balaban J connectivity index is 1.44. The molecule has 2 amide bonds. The molecule has 10 heteroatoms. The zero-order valence-electron chi connectivity index (χ0n) is 17.4. The number of hydrogen-bond donors (Lipinski definition) is 3. The molecule has 33 heavy (non-hydrogen) atoms. The largest absolute Gasteiger partial charge is 0.416 e. The number of thiazole rings is 1. The summed E-state index contributed by atoms with van der Waals surface area (Å²) in [5.41, 5.74) is 0.398. The van der Waals surface area contributed by atoms with Gasteiger partial charge in [0.05, 0.1) is 5.56 Å². The second kappa shape index (κ2) is 9.62. The average Bonchev–Trinajstić information content (AvgIpc) is 3.48. The van der Waals surface area contributed by atoms with Crippen molar-refractivity contribution >= 4 is 34.0 Å². The van der Waals surface area contributed by atoms with Gasteiger partial charge in [-0.05, 0) is 36.6 Å². The van der Waals surface area contributed by atoms with Gasteiger partial charge >= 0.3 is 6.18 Å². The predicted molar refractivity (Wildman–Crippen MR) is 119 cm³/mol. The molecule has 4 rings (SSSR count). The van der Waals surface area contributed by atoms with E-state index in [1.807, 2.05) is 30.3 Å². The van der Waals surface area contributed by atoms with Gasteiger partial charge in [-0.15, -0.1) is 11.3 Å². The summed E-state index contributed by atoms with van der Waals surface area (Å²) in [6, 6.07) is 13.4. The van der Waals surface area contributed by atoms with E-state index in [1.54, 1.807) is 0 Å². The minimum Gasteiger partial charge on any atom is -0.352 e. The molecule has 3 aromatic rings. The van der Waals surface area contributed by atoms with Crippen molar-refractivity contribution in [2.75, 3.05) is 5.32 Å². The number of carbonyl (C=O) groups is 2. The second-order valence-corrected chi connectivity index (χ2v) is 8.60. The molecule has 0 aliphatic heterocycles. The third kappa shape index (κ3) is 6.32. The fourth-order valence-electron chi connectivity index (χ4n) is 3.15. The maximum Gasteiger partial charge on any atom is 0.416 e. The second-order valence-electron chi connectivity index (χ2n) is 7.74. The number of aromatic nitrogens is 1. The van der Waals surface area contributed by atoms with E-state index in [9.17, 15) is 22.8 Å². The Labute approximate surface area is 192 Å². The van der Waals surface area contributed by atoms with Crippen LogP contribution in [0.3, 0.4) is 0 Å². The molecule has 0 saturated heterocycles. The van der Waals surface area contributed by atoms with E-state index in [-0.39, 0.29) is 28.5 Å². The van der Waals surface area contributed by atoms with E-state index < -0.39 is 23.7 Å². The van der Waals surface area contributed by atoms with Crippen molar-refractivity contribution in [3.05, 3.63) is 76.8 Å². The lowest BCUT2D eigenvalue weighted by molar-refractivity contribution is -0.137. The van der Waals surface area contributed by atoms with Crippen LogP contribution in [0, 0.1) is 0 Å². The van der Waals surface area contributed by atoms with Gasteiger partial charge in [-0.1, -0.05) is 36.4 Å². The molecule has 1 aliphatic carbocycles. The number of nitrogens with one attached hydrogen (secondary N) is 3. The van der Waals surface area contributed by atoms with Crippen molar-refractivity contribution in [3.8, 4) is 0 Å². The Bertz CT molecular complexity index is 1130. The maximum atomic E-state index is 12.9. The summed E-state index contributed by atoms with van der Waals surface area (Å²) >= 11 is 1.08. The van der Waals surface area contributed by atoms with Crippen LogP contribution in [-0.4, -0.2) is 28.9 Å². The summed E-state index contributed by atoms with van der Waals surface area (Å²) in [4.78, 5) is 29.6. The van der Waals surface area contributed by atoms with E-state index in [0.717, 1.165) is 41.9 Å². The van der Waals surface area contributed by atoms with Crippen LogP contribution in [0.2, 0.25) is 0 Å². The van der Waals surface area contributed by atoms with E-state index in [4.69, 9.17) is 0 Å². The van der Waals surface area contributed by atoms with Gasteiger partial charge in [-0.25, -0.2) is 4.98 Å². The van der Waals surface area contributed by atoms with Crippen LogP contribution in [0.15, 0.2) is 60.0 Å². The van der Waals surface area contributed by atoms with Crippen molar-refractivity contribution in [1.82, 2.24) is 15.6 Å². The third-order valence-corrected chi connectivity index (χ3v) is 5.76. The molecule has 0 radical (unpaired) electrons. The standard InChI is InChI=1S/C23H21F3N4O2S/c24-23(25,26)15-7-4-8-17(12-15)28-22-30-19(13-33-22)21(32)29-18(20(31)27-16-9-10-16)11-14-5-2-1-3-6-14/h1-8,12-13,16,18H,9-11H2,(H,27,31)(H,28,30)(H,29,32). The Hall–Kier alpha value is -3.40. The molecule has 172 valence electrons. The molecular formula is C23H21F3N4O2S. The van der Waals surface area contributed by atoms with E-state index >= 15 is 0 Å². The Kier molecular flexibility index (Phi) is 6.64. The van der Waals surface area contributed by atoms with Gasteiger partial charge in [0.2, 0.25) is 5.91 Å². The highest BCUT2D eigenvalue weighted by Crippen LogP contribution is 2.31. The molecule has 1 unspecified atom stereocenters. The zero-order valence-corrected chi connectivity index (χ0v) is 18.2. The molecular weight excluding hydrogens is 453 g/mol. The number of alkyl halides is 3. The minimum atomic E-state index is -4.46. The summed E-state index contributed by atoms with van der Waals surface area (Å²) in [6.45, 7) is 0. The zero-order chi connectivity index (χ0) is 23.4. The summed E-state index contributed by atoms with van der Waals surface area (Å²) in [5, 5.41) is 10.2. The highest BCUT2D eigenvalue weighted by Gasteiger charge is 2.31. The monoisotopic (exact) mass is 474 g/mol. The lowest BCUT2D eigenvalue weighted by atomic mass is 10.0. The van der Waals surface area contributed by atoms with E-state index in [1.165, 1.54) is 17.5 Å². The normalized spacial score (nSPS) is 14.4. The predicted octanol–water partition coefficient (Wildman–Crippen LogP) is 4.53. The lowest BCUT2D eigenvalue weighted by Crippen LogP contribution is -2.48. The van der Waals surface area contributed by atoms with Crippen molar-refractivity contribution in [2.24, 2.45) is 0 Å².